The molecule has 0 saturated carbocycles. The number of nitrogens with one attached hydrogen (secondary N) is 1. The van der Waals surface area contributed by atoms with Crippen molar-refractivity contribution in [2.24, 2.45) is 0 Å². The zero-order valence-corrected chi connectivity index (χ0v) is 23.2. The fourth-order valence-corrected chi connectivity index (χ4v) is 6.76. The van der Waals surface area contributed by atoms with E-state index in [0.717, 1.165) is 12.1 Å². The Morgan fingerprint density at radius 3 is 1.93 bits per heavy atom. The lowest BCUT2D eigenvalue weighted by molar-refractivity contribution is -0.384. The number of hydrogen-bond donors (Lipinski definition) is 1. The van der Waals surface area contributed by atoms with Gasteiger partial charge in [0.1, 0.15) is 11.0 Å². The van der Waals surface area contributed by atoms with E-state index in [9.17, 15) is 45.6 Å². The number of pyridine rings is 1. The van der Waals surface area contributed by atoms with Gasteiger partial charge in [-0.2, -0.15) is 26.3 Å². The van der Waals surface area contributed by atoms with Crippen molar-refractivity contribution in [1.82, 2.24) is 4.98 Å². The molecule has 0 aliphatic rings. The number of fused-ring (bicyclic) bond motifs is 1. The summed E-state index contributed by atoms with van der Waals surface area (Å²) in [6.45, 7) is 3.36. The number of nitro groups is 1. The van der Waals surface area contributed by atoms with Gasteiger partial charge in [0.2, 0.25) is 0 Å². The molecule has 2 rings (SSSR count). The number of nitro benzene ring substituents is 1. The summed E-state index contributed by atoms with van der Waals surface area (Å²) < 4.78 is 132. The SMILES string of the molecule is CCOP(=O)(/C=C(\Nc1c(P(=O)(OCC)OCC)c(C(F)(F)F)nc2ccc([N+](=O)[O-])cc12)C(F)(F)F)OCC. The van der Waals surface area contributed by atoms with Gasteiger partial charge in [0.25, 0.3) is 5.69 Å². The van der Waals surface area contributed by atoms with Crippen molar-refractivity contribution in [1.29, 1.82) is 0 Å². The standard InChI is InChI=1S/C21H25F6N3O8P2/c1-5-35-39(33,36-6-2)12-16(20(22,23)24)29-17-14-11-13(30(31)32)9-10-15(14)28-19(21(25,26)27)18(17)40(34,37-7-3)38-8-4/h9-12H,5-8H2,1-4H3,(H,28,29)/b16-12-. The van der Waals surface area contributed by atoms with Crippen LogP contribution >= 0.6 is 15.2 Å². The summed E-state index contributed by atoms with van der Waals surface area (Å²) in [5.74, 6) is 0.00688. The number of hydrogen-bond acceptors (Lipinski definition) is 10. The molecule has 1 aromatic carbocycles. The second-order valence-corrected chi connectivity index (χ2v) is 11.3. The predicted octanol–water partition coefficient (Wildman–Crippen LogP) is 7.13. The number of alkyl halides is 6. The largest absolute Gasteiger partial charge is 0.434 e. The zero-order valence-electron chi connectivity index (χ0n) is 21.5. The summed E-state index contributed by atoms with van der Waals surface area (Å²) >= 11 is 0. The van der Waals surface area contributed by atoms with Gasteiger partial charge in [-0.3, -0.25) is 19.2 Å². The Hall–Kier alpha value is -2.55. The molecule has 0 saturated heterocycles. The van der Waals surface area contributed by atoms with Crippen molar-refractivity contribution >= 4 is 42.8 Å². The summed E-state index contributed by atoms with van der Waals surface area (Å²) in [5.41, 5.74) is -6.44. The Morgan fingerprint density at radius 1 is 0.975 bits per heavy atom. The van der Waals surface area contributed by atoms with Gasteiger partial charge in [0.15, 0.2) is 5.69 Å². The van der Waals surface area contributed by atoms with E-state index in [4.69, 9.17) is 18.1 Å². The fraction of sp³-hybridized carbons (Fsp3) is 0.476. The van der Waals surface area contributed by atoms with Crippen LogP contribution in [0.3, 0.4) is 0 Å². The van der Waals surface area contributed by atoms with Crippen LogP contribution in [0.1, 0.15) is 33.4 Å². The maximum Gasteiger partial charge on any atom is 0.434 e. The van der Waals surface area contributed by atoms with E-state index in [2.05, 4.69) is 4.98 Å². The van der Waals surface area contributed by atoms with E-state index < -0.39 is 84.7 Å². The lowest BCUT2D eigenvalue weighted by Crippen LogP contribution is -2.29. The average molecular weight is 623 g/mol. The summed E-state index contributed by atoms with van der Waals surface area (Å²) in [6.07, 6.45) is -10.9. The van der Waals surface area contributed by atoms with E-state index in [1.54, 1.807) is 5.32 Å². The van der Waals surface area contributed by atoms with Crippen molar-refractivity contribution in [2.45, 2.75) is 40.0 Å². The van der Waals surface area contributed by atoms with E-state index in [0.29, 0.717) is 6.07 Å². The van der Waals surface area contributed by atoms with E-state index >= 15 is 0 Å². The lowest BCUT2D eigenvalue weighted by atomic mass is 10.1. The Bertz CT molecular complexity index is 1350. The lowest BCUT2D eigenvalue weighted by Gasteiger charge is -2.26. The second-order valence-electron chi connectivity index (χ2n) is 7.51. The molecule has 0 atom stereocenters. The first-order valence-electron chi connectivity index (χ1n) is 11.5. The zero-order chi connectivity index (χ0) is 30.5. The highest BCUT2D eigenvalue weighted by atomic mass is 31.2. The Morgan fingerprint density at radius 2 is 1.50 bits per heavy atom. The summed E-state index contributed by atoms with van der Waals surface area (Å²) in [7, 11) is -9.75. The number of halogens is 6. The molecule has 0 aliphatic carbocycles. The quantitative estimate of drug-likeness (QED) is 0.106. The van der Waals surface area contributed by atoms with Crippen LogP contribution in [0, 0.1) is 10.1 Å². The number of rotatable bonds is 13. The molecule has 1 heterocycles. The first-order chi connectivity index (χ1) is 18.5. The third kappa shape index (κ3) is 7.80. The van der Waals surface area contributed by atoms with Gasteiger partial charge in [-0.05, 0) is 33.8 Å². The molecular formula is C21H25F6N3O8P2. The molecular weight excluding hydrogens is 598 g/mol. The topological polar surface area (TPSA) is 139 Å². The van der Waals surface area contributed by atoms with Crippen LogP contribution in [0.5, 0.6) is 0 Å². The van der Waals surface area contributed by atoms with Crippen LogP contribution in [0.15, 0.2) is 29.7 Å². The highest BCUT2D eigenvalue weighted by Gasteiger charge is 2.47. The fourth-order valence-electron chi connectivity index (χ4n) is 3.39. The van der Waals surface area contributed by atoms with Gasteiger partial charge in [-0.1, -0.05) is 0 Å². The van der Waals surface area contributed by atoms with Crippen LogP contribution in [-0.2, 0) is 33.4 Å². The summed E-state index contributed by atoms with van der Waals surface area (Å²) in [6, 6.07) is 2.18. The van der Waals surface area contributed by atoms with Crippen molar-refractivity contribution in [3.05, 3.63) is 45.5 Å². The molecule has 0 radical (unpaired) electrons. The number of non-ortho nitro benzene ring substituents is 1. The number of benzene rings is 1. The van der Waals surface area contributed by atoms with Crippen molar-refractivity contribution < 1.29 is 58.5 Å². The van der Waals surface area contributed by atoms with Crippen LogP contribution in [0.4, 0.5) is 37.7 Å². The summed E-state index contributed by atoms with van der Waals surface area (Å²) in [4.78, 5) is 13.9. The Kier molecular flexibility index (Phi) is 10.9. The van der Waals surface area contributed by atoms with Crippen molar-refractivity contribution in [3.8, 4) is 0 Å². The molecule has 40 heavy (non-hydrogen) atoms. The van der Waals surface area contributed by atoms with E-state index in [1.165, 1.54) is 27.7 Å². The van der Waals surface area contributed by atoms with Crippen LogP contribution in [-0.4, -0.2) is 42.5 Å². The minimum Gasteiger partial charge on any atom is -0.350 e. The second kappa shape index (κ2) is 13.0. The minimum atomic E-state index is -5.43. The van der Waals surface area contributed by atoms with Gasteiger partial charge in [-0.25, -0.2) is 4.98 Å². The number of anilines is 1. The van der Waals surface area contributed by atoms with Gasteiger partial charge >= 0.3 is 27.5 Å². The van der Waals surface area contributed by atoms with E-state index in [1.807, 2.05) is 0 Å². The number of nitrogens with zero attached hydrogens (tertiary/aromatic N) is 2. The highest BCUT2D eigenvalue weighted by molar-refractivity contribution is 7.62. The van der Waals surface area contributed by atoms with Crippen LogP contribution in [0.25, 0.3) is 10.9 Å². The Balaban J connectivity index is 3.18. The molecule has 11 nitrogen and oxygen atoms in total. The molecule has 0 bridgehead atoms. The van der Waals surface area contributed by atoms with Gasteiger partial charge in [0.05, 0.1) is 48.4 Å². The third-order valence-electron chi connectivity index (χ3n) is 4.76. The molecule has 0 fully saturated rings. The maximum absolute atomic E-state index is 14.3. The molecule has 1 N–H and O–H groups in total. The summed E-state index contributed by atoms with van der Waals surface area (Å²) in [5, 5.41) is 11.0. The number of aromatic nitrogens is 1. The molecule has 0 amide bonds. The average Bonchev–Trinajstić information content (AvgIpc) is 2.82. The van der Waals surface area contributed by atoms with Crippen molar-refractivity contribution in [3.63, 3.8) is 0 Å². The van der Waals surface area contributed by atoms with Crippen LogP contribution in [0.2, 0.25) is 0 Å². The van der Waals surface area contributed by atoms with E-state index in [-0.39, 0.29) is 19.0 Å². The number of allylic oxidation sites excluding steroid dienone is 1. The monoisotopic (exact) mass is 623 g/mol. The molecule has 0 aliphatic heterocycles. The predicted molar refractivity (Wildman–Crippen MR) is 133 cm³/mol. The normalized spacial score (nSPS) is 13.6. The first kappa shape index (κ1) is 33.7. The molecule has 1 aromatic heterocycles. The smallest absolute Gasteiger partial charge is 0.350 e. The molecule has 0 unspecified atom stereocenters. The maximum atomic E-state index is 14.3. The van der Waals surface area contributed by atoms with Crippen molar-refractivity contribution in [2.75, 3.05) is 31.7 Å². The minimum absolute atomic E-state index is 0.00688. The van der Waals surface area contributed by atoms with Gasteiger partial charge < -0.3 is 23.4 Å². The molecule has 224 valence electrons. The van der Waals surface area contributed by atoms with Gasteiger partial charge in [-0.15, -0.1) is 0 Å². The van der Waals surface area contributed by atoms with Crippen LogP contribution < -0.4 is 10.6 Å². The first-order valence-corrected chi connectivity index (χ1v) is 14.7. The Labute approximate surface area is 224 Å². The molecule has 2 aromatic rings. The molecule has 0 spiro atoms. The third-order valence-corrected chi connectivity index (χ3v) is 8.75. The van der Waals surface area contributed by atoms with Gasteiger partial charge in [0, 0.05) is 17.5 Å². The highest BCUT2D eigenvalue weighted by Crippen LogP contribution is 2.55. The molecule has 19 heteroatoms.